The number of benzene rings is 2. The molecule has 1 amide bonds. The van der Waals surface area contributed by atoms with Crippen LogP contribution in [0.15, 0.2) is 48.5 Å². The highest BCUT2D eigenvalue weighted by atomic mass is 16.5. The van der Waals surface area contributed by atoms with E-state index in [1.54, 1.807) is 31.4 Å². The second kappa shape index (κ2) is 7.57. The second-order valence-electron chi connectivity index (χ2n) is 5.73. The average molecular weight is 337 g/mol. The SMILES string of the molecule is COc1ccc(NC(=O)C(Cc2cccc(C)c2)c2nn[nH]n2)cc1. The van der Waals surface area contributed by atoms with Crippen molar-refractivity contribution in [2.24, 2.45) is 0 Å². The van der Waals surface area contributed by atoms with Gasteiger partial charge in [-0.05, 0) is 43.2 Å². The van der Waals surface area contributed by atoms with E-state index in [4.69, 9.17) is 4.74 Å². The van der Waals surface area contributed by atoms with Crippen LogP contribution in [0.1, 0.15) is 22.9 Å². The van der Waals surface area contributed by atoms with E-state index in [1.165, 1.54) is 0 Å². The van der Waals surface area contributed by atoms with Crippen LogP contribution in [0.2, 0.25) is 0 Å². The molecule has 0 aliphatic heterocycles. The number of carbonyl (C=O) groups is 1. The lowest BCUT2D eigenvalue weighted by atomic mass is 9.96. The van der Waals surface area contributed by atoms with Gasteiger partial charge in [0.25, 0.3) is 0 Å². The van der Waals surface area contributed by atoms with Crippen LogP contribution < -0.4 is 10.1 Å². The molecule has 128 valence electrons. The molecular weight excluding hydrogens is 318 g/mol. The lowest BCUT2D eigenvalue weighted by molar-refractivity contribution is -0.117. The van der Waals surface area contributed by atoms with E-state index in [9.17, 15) is 4.79 Å². The molecule has 1 heterocycles. The van der Waals surface area contributed by atoms with E-state index in [1.807, 2.05) is 31.2 Å². The third kappa shape index (κ3) is 4.20. The normalized spacial score (nSPS) is 11.8. The van der Waals surface area contributed by atoms with Gasteiger partial charge in [-0.25, -0.2) is 0 Å². The molecule has 0 aliphatic rings. The number of methoxy groups -OCH3 is 1. The molecule has 0 fully saturated rings. The number of hydrogen-bond acceptors (Lipinski definition) is 5. The third-order valence-corrected chi connectivity index (χ3v) is 3.87. The smallest absolute Gasteiger partial charge is 0.235 e. The van der Waals surface area contributed by atoms with Crippen LogP contribution in [0, 0.1) is 6.92 Å². The lowest BCUT2D eigenvalue weighted by Gasteiger charge is -2.14. The van der Waals surface area contributed by atoms with Crippen LogP contribution in [0.3, 0.4) is 0 Å². The number of aryl methyl sites for hydroxylation is 1. The molecule has 0 aliphatic carbocycles. The Balaban J connectivity index is 1.79. The summed E-state index contributed by atoms with van der Waals surface area (Å²) in [6.45, 7) is 2.02. The minimum Gasteiger partial charge on any atom is -0.497 e. The number of carbonyl (C=O) groups excluding carboxylic acids is 1. The van der Waals surface area contributed by atoms with E-state index >= 15 is 0 Å². The van der Waals surface area contributed by atoms with Gasteiger partial charge in [-0.3, -0.25) is 4.79 Å². The number of ether oxygens (including phenoxy) is 1. The average Bonchev–Trinajstić information content (AvgIpc) is 3.14. The summed E-state index contributed by atoms with van der Waals surface area (Å²) in [5, 5.41) is 16.9. The maximum absolute atomic E-state index is 12.8. The van der Waals surface area contributed by atoms with Crippen molar-refractivity contribution in [1.29, 1.82) is 0 Å². The van der Waals surface area contributed by atoms with Gasteiger partial charge in [-0.1, -0.05) is 35.0 Å². The molecule has 0 radical (unpaired) electrons. The number of tetrazole rings is 1. The molecule has 1 unspecified atom stereocenters. The zero-order valence-corrected chi connectivity index (χ0v) is 14.1. The summed E-state index contributed by atoms with van der Waals surface area (Å²) < 4.78 is 5.13. The summed E-state index contributed by atoms with van der Waals surface area (Å²) in [6.07, 6.45) is 0.489. The summed E-state index contributed by atoms with van der Waals surface area (Å²) in [6, 6.07) is 15.2. The first kappa shape index (κ1) is 16.6. The summed E-state index contributed by atoms with van der Waals surface area (Å²) >= 11 is 0. The molecule has 2 N–H and O–H groups in total. The number of H-pyrrole nitrogens is 1. The van der Waals surface area contributed by atoms with Crippen molar-refractivity contribution < 1.29 is 9.53 Å². The molecule has 25 heavy (non-hydrogen) atoms. The Labute approximate surface area is 145 Å². The number of nitrogens with one attached hydrogen (secondary N) is 2. The molecule has 7 nitrogen and oxygen atoms in total. The highest BCUT2D eigenvalue weighted by molar-refractivity contribution is 5.95. The summed E-state index contributed by atoms with van der Waals surface area (Å²) in [5.74, 6) is 0.371. The maximum atomic E-state index is 12.8. The van der Waals surface area contributed by atoms with E-state index in [2.05, 4.69) is 25.9 Å². The van der Waals surface area contributed by atoms with E-state index in [0.29, 0.717) is 17.9 Å². The first-order valence-electron chi connectivity index (χ1n) is 7.89. The minimum absolute atomic E-state index is 0.187. The number of aromatic amines is 1. The van der Waals surface area contributed by atoms with E-state index in [0.717, 1.165) is 16.9 Å². The number of rotatable bonds is 6. The highest BCUT2D eigenvalue weighted by Crippen LogP contribution is 2.21. The Bertz CT molecular complexity index is 831. The van der Waals surface area contributed by atoms with Crippen molar-refractivity contribution in [3.63, 3.8) is 0 Å². The van der Waals surface area contributed by atoms with Crippen LogP contribution in [0.5, 0.6) is 5.75 Å². The second-order valence-corrected chi connectivity index (χ2v) is 5.73. The van der Waals surface area contributed by atoms with Crippen LogP contribution in [-0.4, -0.2) is 33.6 Å². The van der Waals surface area contributed by atoms with Gasteiger partial charge in [0.15, 0.2) is 5.82 Å². The van der Waals surface area contributed by atoms with Crippen LogP contribution in [-0.2, 0) is 11.2 Å². The van der Waals surface area contributed by atoms with E-state index in [-0.39, 0.29) is 5.91 Å². The quantitative estimate of drug-likeness (QED) is 0.721. The standard InChI is InChI=1S/C18H19N5O2/c1-12-4-3-5-13(10-12)11-16(17-20-22-23-21-17)18(24)19-14-6-8-15(25-2)9-7-14/h3-10,16H,11H2,1-2H3,(H,19,24)(H,20,21,22,23). The van der Waals surface area contributed by atoms with Crippen molar-refractivity contribution in [3.8, 4) is 5.75 Å². The molecule has 7 heteroatoms. The molecule has 3 aromatic rings. The van der Waals surface area contributed by atoms with Gasteiger partial charge in [0.1, 0.15) is 11.7 Å². The predicted octanol–water partition coefficient (Wildman–Crippen LogP) is 2.48. The molecule has 0 saturated carbocycles. The third-order valence-electron chi connectivity index (χ3n) is 3.87. The fraction of sp³-hybridized carbons (Fsp3) is 0.222. The van der Waals surface area contributed by atoms with Gasteiger partial charge in [-0.15, -0.1) is 10.2 Å². The molecule has 0 spiro atoms. The number of amides is 1. The monoisotopic (exact) mass is 337 g/mol. The highest BCUT2D eigenvalue weighted by Gasteiger charge is 2.25. The van der Waals surface area contributed by atoms with Crippen molar-refractivity contribution in [2.45, 2.75) is 19.3 Å². The lowest BCUT2D eigenvalue weighted by Crippen LogP contribution is -2.24. The van der Waals surface area contributed by atoms with Crippen LogP contribution >= 0.6 is 0 Å². The molecule has 2 aromatic carbocycles. The zero-order chi connectivity index (χ0) is 17.6. The predicted molar refractivity (Wildman–Crippen MR) is 93.4 cm³/mol. The molecule has 0 saturated heterocycles. The van der Waals surface area contributed by atoms with Crippen LogP contribution in [0.4, 0.5) is 5.69 Å². The maximum Gasteiger partial charge on any atom is 0.235 e. The van der Waals surface area contributed by atoms with Crippen molar-refractivity contribution in [2.75, 3.05) is 12.4 Å². The Morgan fingerprint density at radius 2 is 2.04 bits per heavy atom. The van der Waals surface area contributed by atoms with Crippen molar-refractivity contribution in [1.82, 2.24) is 20.6 Å². The minimum atomic E-state index is -0.539. The van der Waals surface area contributed by atoms with Gasteiger partial charge in [0.05, 0.1) is 7.11 Å². The van der Waals surface area contributed by atoms with Gasteiger partial charge >= 0.3 is 0 Å². The summed E-state index contributed by atoms with van der Waals surface area (Å²) in [4.78, 5) is 12.8. The van der Waals surface area contributed by atoms with Crippen LogP contribution in [0.25, 0.3) is 0 Å². The topological polar surface area (TPSA) is 92.8 Å². The Morgan fingerprint density at radius 3 is 2.68 bits per heavy atom. The Kier molecular flexibility index (Phi) is 5.03. The van der Waals surface area contributed by atoms with Gasteiger partial charge in [0.2, 0.25) is 5.91 Å². The summed E-state index contributed by atoms with van der Waals surface area (Å²) in [5.41, 5.74) is 2.86. The molecule has 1 atom stereocenters. The first-order chi connectivity index (χ1) is 12.2. The fourth-order valence-electron chi connectivity index (χ4n) is 2.60. The molecule has 0 bridgehead atoms. The Morgan fingerprint density at radius 1 is 1.24 bits per heavy atom. The number of aromatic nitrogens is 4. The fourth-order valence-corrected chi connectivity index (χ4v) is 2.60. The molecule has 3 rings (SSSR count). The van der Waals surface area contributed by atoms with Gasteiger partial charge in [0, 0.05) is 5.69 Å². The van der Waals surface area contributed by atoms with E-state index < -0.39 is 5.92 Å². The van der Waals surface area contributed by atoms with Crippen molar-refractivity contribution >= 4 is 11.6 Å². The molecular formula is C18H19N5O2. The van der Waals surface area contributed by atoms with Gasteiger partial charge < -0.3 is 10.1 Å². The number of nitrogens with zero attached hydrogens (tertiary/aromatic N) is 3. The summed E-state index contributed by atoms with van der Waals surface area (Å²) in [7, 11) is 1.60. The zero-order valence-electron chi connectivity index (χ0n) is 14.1. The number of anilines is 1. The Hall–Kier alpha value is -3.22. The van der Waals surface area contributed by atoms with Crippen molar-refractivity contribution in [3.05, 3.63) is 65.5 Å². The largest absolute Gasteiger partial charge is 0.497 e. The number of hydrogen-bond donors (Lipinski definition) is 2. The first-order valence-corrected chi connectivity index (χ1v) is 7.89. The van der Waals surface area contributed by atoms with Gasteiger partial charge in [-0.2, -0.15) is 5.21 Å². The molecule has 1 aromatic heterocycles.